The molecule has 0 aliphatic rings. The summed E-state index contributed by atoms with van der Waals surface area (Å²) in [4.78, 5) is 12.5. The smallest absolute Gasteiger partial charge is 0.317 e. The molecule has 136 valence electrons. The van der Waals surface area contributed by atoms with Crippen LogP contribution in [-0.4, -0.2) is 11.6 Å². The summed E-state index contributed by atoms with van der Waals surface area (Å²) in [6.07, 6.45) is 2.45. The highest BCUT2D eigenvalue weighted by molar-refractivity contribution is 5.86. The largest absolute Gasteiger partial charge is 0.488 e. The molecule has 0 bridgehead atoms. The number of carbonyl (C=O) groups is 1. The van der Waals surface area contributed by atoms with E-state index < -0.39 is 5.41 Å². The molecule has 25 heavy (non-hydrogen) atoms. The topological polar surface area (TPSA) is 35.5 Å². The fourth-order valence-corrected chi connectivity index (χ4v) is 2.49. The first-order valence-electron chi connectivity index (χ1n) is 9.18. The first-order valence-corrected chi connectivity index (χ1v) is 9.18. The first kappa shape index (κ1) is 19.3. The fourth-order valence-electron chi connectivity index (χ4n) is 2.49. The molecule has 0 fully saturated rings. The van der Waals surface area contributed by atoms with Gasteiger partial charge in [0, 0.05) is 0 Å². The van der Waals surface area contributed by atoms with E-state index in [4.69, 9.17) is 9.47 Å². The zero-order chi connectivity index (χ0) is 18.7. The van der Waals surface area contributed by atoms with Gasteiger partial charge in [-0.2, -0.15) is 0 Å². The molecule has 0 atom stereocenters. The predicted molar refractivity (Wildman–Crippen MR) is 103 cm³/mol. The lowest BCUT2D eigenvalue weighted by molar-refractivity contribution is -0.145. The van der Waals surface area contributed by atoms with Crippen LogP contribution in [0.15, 0.2) is 36.4 Å². The van der Waals surface area contributed by atoms with Crippen molar-refractivity contribution in [2.75, 3.05) is 0 Å². The number of esters is 1. The molecule has 0 spiro atoms. The molecule has 3 nitrogen and oxygen atoms in total. The standard InChI is InChI=1S/C22H30O3/c1-7-21(4,5)25-19-13-11-16-10-12-18(14-17(16)15-19)24-20(23)22(6,8-2)9-3/h10-15H,7-9H2,1-6H3. The SMILES string of the molecule is CCC(C)(C)Oc1ccc2ccc(OC(=O)C(C)(CC)CC)cc2c1. The van der Waals surface area contributed by atoms with Gasteiger partial charge in [0.2, 0.25) is 0 Å². The van der Waals surface area contributed by atoms with Gasteiger partial charge in [0.15, 0.2) is 0 Å². The molecule has 0 saturated carbocycles. The maximum Gasteiger partial charge on any atom is 0.317 e. The third kappa shape index (κ3) is 4.53. The van der Waals surface area contributed by atoms with E-state index in [2.05, 4.69) is 20.8 Å². The highest BCUT2D eigenvalue weighted by Crippen LogP contribution is 2.31. The van der Waals surface area contributed by atoms with Crippen LogP contribution < -0.4 is 9.47 Å². The van der Waals surface area contributed by atoms with E-state index in [-0.39, 0.29) is 11.6 Å². The Morgan fingerprint density at radius 1 is 0.840 bits per heavy atom. The summed E-state index contributed by atoms with van der Waals surface area (Å²) in [7, 11) is 0. The van der Waals surface area contributed by atoms with Gasteiger partial charge in [-0.3, -0.25) is 4.79 Å². The lowest BCUT2D eigenvalue weighted by Crippen LogP contribution is -2.30. The van der Waals surface area contributed by atoms with Crippen LogP contribution in [-0.2, 0) is 4.79 Å². The molecule has 0 aliphatic carbocycles. The van der Waals surface area contributed by atoms with Crippen LogP contribution in [0.3, 0.4) is 0 Å². The molecule has 0 N–H and O–H groups in total. The van der Waals surface area contributed by atoms with Crippen molar-refractivity contribution in [3.05, 3.63) is 36.4 Å². The molecular weight excluding hydrogens is 312 g/mol. The number of benzene rings is 2. The van der Waals surface area contributed by atoms with E-state index in [0.717, 1.165) is 35.8 Å². The maximum atomic E-state index is 12.5. The molecule has 0 aromatic heterocycles. The highest BCUT2D eigenvalue weighted by Gasteiger charge is 2.31. The van der Waals surface area contributed by atoms with Gasteiger partial charge in [-0.1, -0.05) is 32.9 Å². The molecule has 0 saturated heterocycles. The second-order valence-corrected chi connectivity index (χ2v) is 7.54. The maximum absolute atomic E-state index is 12.5. The number of fused-ring (bicyclic) bond motifs is 1. The zero-order valence-corrected chi connectivity index (χ0v) is 16.3. The first-order chi connectivity index (χ1) is 11.7. The number of rotatable bonds is 7. The van der Waals surface area contributed by atoms with Crippen LogP contribution in [0.5, 0.6) is 11.5 Å². The van der Waals surface area contributed by atoms with Crippen molar-refractivity contribution in [2.24, 2.45) is 5.41 Å². The molecule has 0 radical (unpaired) electrons. The van der Waals surface area contributed by atoms with Crippen molar-refractivity contribution >= 4 is 16.7 Å². The Bertz CT molecular complexity index is 742. The normalized spacial score (nSPS) is 12.2. The Balaban J connectivity index is 2.27. The minimum absolute atomic E-state index is 0.170. The Kier molecular flexibility index (Phi) is 5.76. The molecule has 0 aliphatic heterocycles. The Hall–Kier alpha value is -2.03. The average molecular weight is 342 g/mol. The Morgan fingerprint density at radius 2 is 1.40 bits per heavy atom. The quantitative estimate of drug-likeness (QED) is 0.448. The van der Waals surface area contributed by atoms with E-state index in [1.54, 1.807) is 0 Å². The van der Waals surface area contributed by atoms with Gasteiger partial charge in [-0.25, -0.2) is 0 Å². The van der Waals surface area contributed by atoms with Gasteiger partial charge in [-0.05, 0) is 75.1 Å². The third-order valence-electron chi connectivity index (χ3n) is 5.29. The summed E-state index contributed by atoms with van der Waals surface area (Å²) < 4.78 is 11.7. The molecule has 2 rings (SSSR count). The van der Waals surface area contributed by atoms with Crippen molar-refractivity contribution < 1.29 is 14.3 Å². The molecule has 0 unspecified atom stereocenters. The zero-order valence-electron chi connectivity index (χ0n) is 16.3. The molecule has 2 aromatic rings. The van der Waals surface area contributed by atoms with E-state index in [0.29, 0.717) is 5.75 Å². The third-order valence-corrected chi connectivity index (χ3v) is 5.29. The Labute approximate surface area is 151 Å². The van der Waals surface area contributed by atoms with Crippen molar-refractivity contribution in [3.63, 3.8) is 0 Å². The number of hydrogen-bond acceptors (Lipinski definition) is 3. The van der Waals surface area contributed by atoms with Crippen LogP contribution in [0.2, 0.25) is 0 Å². The van der Waals surface area contributed by atoms with E-state index >= 15 is 0 Å². The van der Waals surface area contributed by atoms with Gasteiger partial charge in [0.25, 0.3) is 0 Å². The summed E-state index contributed by atoms with van der Waals surface area (Å²) in [6.45, 7) is 12.2. The molecule has 0 amide bonds. The van der Waals surface area contributed by atoms with E-state index in [1.807, 2.05) is 57.2 Å². The fraction of sp³-hybridized carbons (Fsp3) is 0.500. The minimum Gasteiger partial charge on any atom is -0.488 e. The van der Waals surface area contributed by atoms with Crippen molar-refractivity contribution in [1.29, 1.82) is 0 Å². The second-order valence-electron chi connectivity index (χ2n) is 7.54. The van der Waals surface area contributed by atoms with Gasteiger partial charge < -0.3 is 9.47 Å². The lowest BCUT2D eigenvalue weighted by atomic mass is 9.85. The number of ether oxygens (including phenoxy) is 2. The second kappa shape index (κ2) is 7.47. The van der Waals surface area contributed by atoms with Crippen LogP contribution in [0.1, 0.15) is 60.8 Å². The number of hydrogen-bond donors (Lipinski definition) is 0. The van der Waals surface area contributed by atoms with Crippen LogP contribution in [0.25, 0.3) is 10.8 Å². The van der Waals surface area contributed by atoms with Crippen molar-refractivity contribution in [2.45, 2.75) is 66.4 Å². The van der Waals surface area contributed by atoms with E-state index in [9.17, 15) is 4.79 Å². The summed E-state index contributed by atoms with van der Waals surface area (Å²) in [6, 6.07) is 11.7. The summed E-state index contributed by atoms with van der Waals surface area (Å²) in [5.74, 6) is 1.24. The van der Waals surface area contributed by atoms with Crippen LogP contribution >= 0.6 is 0 Å². The van der Waals surface area contributed by atoms with E-state index in [1.165, 1.54) is 0 Å². The van der Waals surface area contributed by atoms with Crippen LogP contribution in [0, 0.1) is 5.41 Å². The van der Waals surface area contributed by atoms with Gasteiger partial charge in [0.05, 0.1) is 5.41 Å². The average Bonchev–Trinajstić information content (AvgIpc) is 2.60. The van der Waals surface area contributed by atoms with Crippen molar-refractivity contribution in [1.82, 2.24) is 0 Å². The molecular formula is C22H30O3. The summed E-state index contributed by atoms with van der Waals surface area (Å²) in [5, 5.41) is 2.10. The minimum atomic E-state index is -0.439. The van der Waals surface area contributed by atoms with Gasteiger partial charge >= 0.3 is 5.97 Å². The van der Waals surface area contributed by atoms with Crippen LogP contribution in [0.4, 0.5) is 0 Å². The number of carbonyl (C=O) groups excluding carboxylic acids is 1. The van der Waals surface area contributed by atoms with Gasteiger partial charge in [-0.15, -0.1) is 0 Å². The molecule has 0 heterocycles. The summed E-state index contributed by atoms with van der Waals surface area (Å²) >= 11 is 0. The molecule has 2 aromatic carbocycles. The lowest BCUT2D eigenvalue weighted by Gasteiger charge is -2.25. The monoisotopic (exact) mass is 342 g/mol. The predicted octanol–water partition coefficient (Wildman–Crippen LogP) is 6.14. The van der Waals surface area contributed by atoms with Crippen molar-refractivity contribution in [3.8, 4) is 11.5 Å². The summed E-state index contributed by atoms with van der Waals surface area (Å²) in [5.41, 5.74) is -0.646. The van der Waals surface area contributed by atoms with Gasteiger partial charge in [0.1, 0.15) is 17.1 Å². The Morgan fingerprint density at radius 3 is 1.96 bits per heavy atom. The highest BCUT2D eigenvalue weighted by atomic mass is 16.5. The molecule has 3 heteroatoms.